The highest BCUT2D eigenvalue weighted by Gasteiger charge is 2.27. The Labute approximate surface area is 454 Å². The topological polar surface area (TPSA) is 108 Å². The molecule has 0 rings (SSSR count). The van der Waals surface area contributed by atoms with Crippen molar-refractivity contribution >= 4 is 19.8 Å². The van der Waals surface area contributed by atoms with E-state index in [1.54, 1.807) is 0 Å². The first-order chi connectivity index (χ1) is 35.5. The number of unbranched alkanes of at least 4 members (excludes halogenated alkanes) is 44. The molecule has 0 aromatic heterocycles. The number of phosphoric acid groups is 1. The Bertz CT molecular complexity index is 1240. The largest absolute Gasteiger partial charge is 0.472 e. The van der Waals surface area contributed by atoms with Crippen molar-refractivity contribution in [3.63, 3.8) is 0 Å². The molecule has 0 radical (unpaired) electrons. The first-order valence-corrected chi connectivity index (χ1v) is 33.4. The number of quaternary nitrogens is 1. The Kier molecular flexibility index (Phi) is 54.6. The molecule has 9 nitrogen and oxygen atoms in total. The lowest BCUT2D eigenvalue weighted by atomic mass is 10.0. The second-order valence-corrected chi connectivity index (χ2v) is 24.6. The Morgan fingerprint density at radius 3 is 1.01 bits per heavy atom. The van der Waals surface area contributed by atoms with Gasteiger partial charge in [0.1, 0.15) is 19.8 Å². The summed E-state index contributed by atoms with van der Waals surface area (Å²) in [5.41, 5.74) is 0. The number of ether oxygens (including phenoxy) is 2. The number of likely N-dealkylation sites (N-methyl/N-ethyl adjacent to an activating group) is 1. The third-order valence-corrected chi connectivity index (χ3v) is 15.5. The number of carbonyl (C=O) groups is 2. The minimum absolute atomic E-state index is 0.0356. The summed E-state index contributed by atoms with van der Waals surface area (Å²) in [5, 5.41) is 0. The van der Waals surface area contributed by atoms with E-state index in [1.165, 1.54) is 263 Å². The summed E-state index contributed by atoms with van der Waals surface area (Å²) in [7, 11) is 1.50. The Morgan fingerprint density at radius 2 is 0.699 bits per heavy atom. The van der Waals surface area contributed by atoms with Crippen molar-refractivity contribution in [2.24, 2.45) is 0 Å². The van der Waals surface area contributed by atoms with Crippen molar-refractivity contribution < 1.29 is 42.1 Å². The second kappa shape index (κ2) is 55.5. The summed E-state index contributed by atoms with van der Waals surface area (Å²) in [6.07, 6.45) is 65.8. The van der Waals surface area contributed by atoms with E-state index in [-0.39, 0.29) is 25.6 Å². The van der Waals surface area contributed by atoms with Crippen LogP contribution in [0.1, 0.15) is 328 Å². The number of esters is 2. The van der Waals surface area contributed by atoms with Gasteiger partial charge in [-0.1, -0.05) is 289 Å². The summed E-state index contributed by atoms with van der Waals surface area (Å²) >= 11 is 0. The van der Waals surface area contributed by atoms with Gasteiger partial charge in [-0.25, -0.2) is 4.57 Å². The third-order valence-electron chi connectivity index (χ3n) is 14.5. The Balaban J connectivity index is 4.05. The lowest BCUT2D eigenvalue weighted by Gasteiger charge is -2.24. The van der Waals surface area contributed by atoms with Crippen molar-refractivity contribution in [1.82, 2.24) is 0 Å². The van der Waals surface area contributed by atoms with Gasteiger partial charge in [-0.3, -0.25) is 18.6 Å². The SMILES string of the molecule is CCCCCCCCCC/C=C\CCCCCCCCCCCCCC(=O)OC(COC(=O)CCCCCCCCCCCCCCCCCCCCCCCCCCCC)COP(=O)(O)OCC[N+](C)(C)C. The van der Waals surface area contributed by atoms with Crippen LogP contribution in [0.25, 0.3) is 0 Å². The lowest BCUT2D eigenvalue weighted by Crippen LogP contribution is -2.37. The number of rotatable bonds is 60. The van der Waals surface area contributed by atoms with E-state index in [0.717, 1.165) is 32.1 Å². The number of carbonyl (C=O) groups excluding carboxylic acids is 2. The molecule has 0 saturated carbocycles. The number of allylic oxidation sites excluding steroid dienone is 2. The summed E-state index contributed by atoms with van der Waals surface area (Å²) in [5.74, 6) is -0.776. The molecule has 10 heteroatoms. The molecular weight excluding hydrogens is 930 g/mol. The van der Waals surface area contributed by atoms with Crippen molar-refractivity contribution in [3.8, 4) is 0 Å². The minimum atomic E-state index is -4.38. The predicted molar refractivity (Wildman–Crippen MR) is 312 cm³/mol. The molecule has 73 heavy (non-hydrogen) atoms. The fourth-order valence-electron chi connectivity index (χ4n) is 9.60. The molecule has 434 valence electrons. The maximum absolute atomic E-state index is 12.8. The van der Waals surface area contributed by atoms with Gasteiger partial charge in [0.05, 0.1) is 27.7 Å². The molecule has 1 N–H and O–H groups in total. The molecule has 2 atom stereocenters. The van der Waals surface area contributed by atoms with Crippen molar-refractivity contribution in [2.45, 2.75) is 335 Å². The van der Waals surface area contributed by atoms with E-state index < -0.39 is 26.5 Å². The fourth-order valence-corrected chi connectivity index (χ4v) is 10.3. The average molecular weight is 1060 g/mol. The van der Waals surface area contributed by atoms with Crippen molar-refractivity contribution in [3.05, 3.63) is 12.2 Å². The monoisotopic (exact) mass is 1050 g/mol. The van der Waals surface area contributed by atoms with Crippen molar-refractivity contribution in [2.75, 3.05) is 47.5 Å². The average Bonchev–Trinajstić information content (AvgIpc) is 3.35. The van der Waals surface area contributed by atoms with Crippen LogP contribution in [0.2, 0.25) is 0 Å². The Morgan fingerprint density at radius 1 is 0.411 bits per heavy atom. The van der Waals surface area contributed by atoms with E-state index in [1.807, 2.05) is 21.1 Å². The quantitative estimate of drug-likeness (QED) is 0.0211. The minimum Gasteiger partial charge on any atom is -0.462 e. The van der Waals surface area contributed by atoms with Crippen LogP contribution in [-0.2, 0) is 32.7 Å². The number of hydrogen-bond donors (Lipinski definition) is 1. The highest BCUT2D eigenvalue weighted by molar-refractivity contribution is 7.47. The highest BCUT2D eigenvalue weighted by atomic mass is 31.2. The zero-order valence-electron chi connectivity index (χ0n) is 49.4. The summed E-state index contributed by atoms with van der Waals surface area (Å²) in [6.45, 7) is 4.51. The molecule has 0 aliphatic carbocycles. The molecule has 0 saturated heterocycles. The van der Waals surface area contributed by atoms with Crippen LogP contribution in [0, 0.1) is 0 Å². The van der Waals surface area contributed by atoms with Crippen LogP contribution in [0.4, 0.5) is 0 Å². The first-order valence-electron chi connectivity index (χ1n) is 31.9. The molecule has 0 aromatic carbocycles. The van der Waals surface area contributed by atoms with Crippen LogP contribution in [0.5, 0.6) is 0 Å². The van der Waals surface area contributed by atoms with Gasteiger partial charge in [-0.05, 0) is 38.5 Å². The smallest absolute Gasteiger partial charge is 0.462 e. The van der Waals surface area contributed by atoms with Crippen LogP contribution in [0.15, 0.2) is 12.2 Å². The molecule has 0 heterocycles. The first kappa shape index (κ1) is 71.8. The number of hydrogen-bond acceptors (Lipinski definition) is 7. The zero-order chi connectivity index (χ0) is 53.5. The van der Waals surface area contributed by atoms with E-state index in [9.17, 15) is 19.0 Å². The molecule has 0 aromatic rings. The molecule has 0 fully saturated rings. The number of nitrogens with zero attached hydrogens (tertiary/aromatic N) is 1. The van der Waals surface area contributed by atoms with Crippen LogP contribution in [0.3, 0.4) is 0 Å². The van der Waals surface area contributed by atoms with Crippen LogP contribution in [-0.4, -0.2) is 74.9 Å². The molecule has 2 unspecified atom stereocenters. The summed E-state index contributed by atoms with van der Waals surface area (Å²) in [6, 6.07) is 0. The predicted octanol–water partition coefficient (Wildman–Crippen LogP) is 20.0. The summed E-state index contributed by atoms with van der Waals surface area (Å²) in [4.78, 5) is 35.8. The maximum atomic E-state index is 12.8. The molecule has 0 aliphatic heterocycles. The van der Waals surface area contributed by atoms with Crippen molar-refractivity contribution in [1.29, 1.82) is 0 Å². The van der Waals surface area contributed by atoms with Gasteiger partial charge in [0.2, 0.25) is 0 Å². The van der Waals surface area contributed by atoms with Gasteiger partial charge in [-0.15, -0.1) is 0 Å². The molecule has 0 aliphatic rings. The second-order valence-electron chi connectivity index (χ2n) is 23.2. The number of phosphoric ester groups is 1. The van der Waals surface area contributed by atoms with Gasteiger partial charge in [-0.2, -0.15) is 0 Å². The zero-order valence-corrected chi connectivity index (χ0v) is 50.3. The third kappa shape index (κ3) is 59.8. The highest BCUT2D eigenvalue weighted by Crippen LogP contribution is 2.43. The van der Waals surface area contributed by atoms with E-state index in [4.69, 9.17) is 18.5 Å². The normalized spacial score (nSPS) is 13.2. The molecule has 0 bridgehead atoms. The van der Waals surface area contributed by atoms with Crippen LogP contribution < -0.4 is 0 Å². The lowest BCUT2D eigenvalue weighted by molar-refractivity contribution is -0.870. The van der Waals surface area contributed by atoms with E-state index in [2.05, 4.69) is 26.0 Å². The fraction of sp³-hybridized carbons (Fsp3) is 0.937. The van der Waals surface area contributed by atoms with Gasteiger partial charge in [0.15, 0.2) is 6.10 Å². The molecule has 0 spiro atoms. The standard InChI is InChI=1S/C63H124NO8P/c1-6-8-10-12-14-16-18-20-22-24-26-28-30-31-32-34-35-37-39-41-43-45-47-49-51-53-55-62(65)69-59-61(60-71-73(67,68)70-58-57-64(3,4)5)72-63(66)56-54-52-50-48-46-44-42-40-38-36-33-29-27-25-23-21-19-17-15-13-11-9-7-2/h25,27,61H,6-24,26,28-60H2,1-5H3/p+1/b27-25-. The summed E-state index contributed by atoms with van der Waals surface area (Å²) < 4.78 is 34.7. The molecular formula is C63H125NO8P+. The van der Waals surface area contributed by atoms with E-state index >= 15 is 0 Å². The van der Waals surface area contributed by atoms with Gasteiger partial charge < -0.3 is 18.9 Å². The van der Waals surface area contributed by atoms with E-state index in [0.29, 0.717) is 23.9 Å². The Hall–Kier alpha value is -1.25. The van der Waals surface area contributed by atoms with Crippen LogP contribution >= 0.6 is 7.82 Å². The molecule has 0 amide bonds. The van der Waals surface area contributed by atoms with Gasteiger partial charge >= 0.3 is 19.8 Å². The van der Waals surface area contributed by atoms with Gasteiger partial charge in [0.25, 0.3) is 0 Å². The van der Waals surface area contributed by atoms with Gasteiger partial charge in [0, 0.05) is 12.8 Å². The maximum Gasteiger partial charge on any atom is 0.472 e.